The Kier molecular flexibility index (Phi) is 6.78. The zero-order valence-corrected chi connectivity index (χ0v) is 17.7. The largest absolute Gasteiger partial charge is 0.326 e. The van der Waals surface area contributed by atoms with Crippen molar-refractivity contribution >= 4 is 32.7 Å². The van der Waals surface area contributed by atoms with Crippen LogP contribution in [0.15, 0.2) is 47.4 Å². The molecule has 1 aromatic heterocycles. The van der Waals surface area contributed by atoms with E-state index in [2.05, 4.69) is 15.6 Å². The summed E-state index contributed by atoms with van der Waals surface area (Å²) in [6.45, 7) is 4.80. The highest BCUT2D eigenvalue weighted by Crippen LogP contribution is 2.21. The summed E-state index contributed by atoms with van der Waals surface area (Å²) in [6, 6.07) is 10.5. The third kappa shape index (κ3) is 4.82. The van der Waals surface area contributed by atoms with E-state index in [0.717, 1.165) is 0 Å². The summed E-state index contributed by atoms with van der Waals surface area (Å²) < 4.78 is 41.5. The van der Waals surface area contributed by atoms with Gasteiger partial charge in [0.05, 0.1) is 10.4 Å². The fraction of sp³-hybridized carbons (Fsp3) is 0.350. The summed E-state index contributed by atoms with van der Waals surface area (Å²) >= 11 is 0. The van der Waals surface area contributed by atoms with Gasteiger partial charge in [0.25, 0.3) is 0 Å². The molecule has 10 heteroatoms. The van der Waals surface area contributed by atoms with Crippen LogP contribution in [0.3, 0.4) is 0 Å². The molecule has 8 nitrogen and oxygen atoms in total. The molecule has 1 heterocycles. The number of benzene rings is 2. The number of aryl methyl sites for hydroxylation is 1. The molecule has 30 heavy (non-hydrogen) atoms. The minimum absolute atomic E-state index is 0.181. The standard InChI is InChI=1S/C20H24FN5O3S/c1-3-25(4-2)30(28,29)17-10-11-19-18(14-17)23-24-26(19)12-6-9-20(27)22-16-8-5-7-15(21)13-16/h5,7-8,10-11,13-14H,3-4,6,9,12H2,1-2H3,(H,22,27). The second-order valence-corrected chi connectivity index (χ2v) is 8.65. The van der Waals surface area contributed by atoms with Crippen LogP contribution < -0.4 is 5.32 Å². The topological polar surface area (TPSA) is 97.2 Å². The van der Waals surface area contributed by atoms with Gasteiger partial charge in [0.15, 0.2) is 0 Å². The van der Waals surface area contributed by atoms with E-state index >= 15 is 0 Å². The first-order chi connectivity index (χ1) is 14.3. The van der Waals surface area contributed by atoms with Crippen LogP contribution in [-0.4, -0.2) is 46.7 Å². The summed E-state index contributed by atoms with van der Waals surface area (Å²) in [5.74, 6) is -0.637. The molecule has 160 valence electrons. The molecule has 0 aliphatic heterocycles. The molecule has 0 saturated heterocycles. The van der Waals surface area contributed by atoms with Crippen molar-refractivity contribution in [2.24, 2.45) is 0 Å². The van der Waals surface area contributed by atoms with Gasteiger partial charge in [-0.05, 0) is 42.8 Å². The van der Waals surface area contributed by atoms with Crippen molar-refractivity contribution in [3.63, 3.8) is 0 Å². The Morgan fingerprint density at radius 3 is 2.63 bits per heavy atom. The number of nitrogens with one attached hydrogen (secondary N) is 1. The van der Waals surface area contributed by atoms with Gasteiger partial charge in [-0.1, -0.05) is 25.1 Å². The van der Waals surface area contributed by atoms with Crippen LogP contribution in [-0.2, 0) is 21.4 Å². The lowest BCUT2D eigenvalue weighted by Gasteiger charge is -2.18. The van der Waals surface area contributed by atoms with Crippen LogP contribution >= 0.6 is 0 Å². The van der Waals surface area contributed by atoms with Crippen LogP contribution in [0.2, 0.25) is 0 Å². The number of nitrogens with zero attached hydrogens (tertiary/aromatic N) is 4. The maximum absolute atomic E-state index is 13.2. The lowest BCUT2D eigenvalue weighted by molar-refractivity contribution is -0.116. The van der Waals surface area contributed by atoms with Gasteiger partial charge in [-0.2, -0.15) is 4.31 Å². The second-order valence-electron chi connectivity index (χ2n) is 6.71. The predicted molar refractivity (Wildman–Crippen MR) is 112 cm³/mol. The van der Waals surface area contributed by atoms with E-state index in [1.807, 2.05) is 0 Å². The van der Waals surface area contributed by atoms with Gasteiger partial charge >= 0.3 is 0 Å². The first-order valence-corrected chi connectivity index (χ1v) is 11.2. The molecule has 3 rings (SSSR count). The van der Waals surface area contributed by atoms with Gasteiger partial charge in [-0.25, -0.2) is 17.5 Å². The molecule has 2 aromatic carbocycles. The third-order valence-corrected chi connectivity index (χ3v) is 6.76. The lowest BCUT2D eigenvalue weighted by Crippen LogP contribution is -2.30. The van der Waals surface area contributed by atoms with Crippen molar-refractivity contribution in [3.8, 4) is 0 Å². The number of amides is 1. The highest BCUT2D eigenvalue weighted by Gasteiger charge is 2.22. The fourth-order valence-electron chi connectivity index (χ4n) is 3.17. The molecule has 1 amide bonds. The minimum atomic E-state index is -3.57. The Balaban J connectivity index is 1.64. The molecule has 1 N–H and O–H groups in total. The molecular weight excluding hydrogens is 409 g/mol. The number of halogens is 1. The molecule has 0 saturated carbocycles. The highest BCUT2D eigenvalue weighted by atomic mass is 32.2. The number of hydrogen-bond donors (Lipinski definition) is 1. The Morgan fingerprint density at radius 2 is 1.93 bits per heavy atom. The van der Waals surface area contributed by atoms with E-state index in [9.17, 15) is 17.6 Å². The van der Waals surface area contributed by atoms with Gasteiger partial charge in [0.1, 0.15) is 11.3 Å². The molecular formula is C20H24FN5O3S. The normalized spacial score (nSPS) is 11.9. The Labute approximate surface area is 174 Å². The highest BCUT2D eigenvalue weighted by molar-refractivity contribution is 7.89. The van der Waals surface area contributed by atoms with E-state index in [-0.39, 0.29) is 17.2 Å². The maximum atomic E-state index is 13.2. The number of sulfonamides is 1. The van der Waals surface area contributed by atoms with E-state index < -0.39 is 15.8 Å². The first-order valence-electron chi connectivity index (χ1n) is 9.74. The number of aromatic nitrogens is 3. The average Bonchev–Trinajstić information content (AvgIpc) is 3.11. The number of carbonyl (C=O) groups is 1. The lowest BCUT2D eigenvalue weighted by atomic mass is 10.2. The van der Waals surface area contributed by atoms with Crippen LogP contribution in [0.25, 0.3) is 11.0 Å². The second kappa shape index (κ2) is 9.31. The zero-order chi connectivity index (χ0) is 21.7. The number of fused-ring (bicyclic) bond motifs is 1. The number of anilines is 1. The van der Waals surface area contributed by atoms with Crippen molar-refractivity contribution in [1.29, 1.82) is 0 Å². The molecule has 0 aliphatic carbocycles. The zero-order valence-electron chi connectivity index (χ0n) is 16.9. The molecule has 0 aliphatic rings. The van der Waals surface area contributed by atoms with Crippen molar-refractivity contribution < 1.29 is 17.6 Å². The molecule has 0 atom stereocenters. The molecule has 0 radical (unpaired) electrons. The Bertz CT molecular complexity index is 1140. The Hall–Kier alpha value is -2.85. The van der Waals surface area contributed by atoms with Gasteiger partial charge in [0, 0.05) is 31.7 Å². The summed E-state index contributed by atoms with van der Waals surface area (Å²) in [7, 11) is -3.57. The van der Waals surface area contributed by atoms with Gasteiger partial charge < -0.3 is 5.32 Å². The molecule has 3 aromatic rings. The summed E-state index contributed by atoms with van der Waals surface area (Å²) in [5, 5.41) is 10.8. The Morgan fingerprint density at radius 1 is 1.17 bits per heavy atom. The SMILES string of the molecule is CCN(CC)S(=O)(=O)c1ccc2c(c1)nnn2CCCC(=O)Nc1cccc(F)c1. The van der Waals surface area contributed by atoms with Crippen LogP contribution in [0.1, 0.15) is 26.7 Å². The van der Waals surface area contributed by atoms with Crippen LogP contribution in [0.4, 0.5) is 10.1 Å². The van der Waals surface area contributed by atoms with Crippen molar-refractivity contribution in [1.82, 2.24) is 19.3 Å². The summed E-state index contributed by atoms with van der Waals surface area (Å²) in [4.78, 5) is 12.2. The quantitative estimate of drug-likeness (QED) is 0.559. The summed E-state index contributed by atoms with van der Waals surface area (Å²) in [5.41, 5.74) is 1.58. The minimum Gasteiger partial charge on any atom is -0.326 e. The van der Waals surface area contributed by atoms with Crippen molar-refractivity contribution in [3.05, 3.63) is 48.3 Å². The van der Waals surface area contributed by atoms with E-state index in [4.69, 9.17) is 0 Å². The average molecular weight is 434 g/mol. The first kappa shape index (κ1) is 21.8. The van der Waals surface area contributed by atoms with E-state index in [1.54, 1.807) is 36.7 Å². The van der Waals surface area contributed by atoms with Gasteiger partial charge in [0.2, 0.25) is 15.9 Å². The smallest absolute Gasteiger partial charge is 0.243 e. The number of carbonyl (C=O) groups excluding carboxylic acids is 1. The van der Waals surface area contributed by atoms with E-state index in [0.29, 0.717) is 42.8 Å². The van der Waals surface area contributed by atoms with Gasteiger partial charge in [-0.3, -0.25) is 4.79 Å². The molecule has 0 fully saturated rings. The van der Waals surface area contributed by atoms with E-state index in [1.165, 1.54) is 28.6 Å². The van der Waals surface area contributed by atoms with Crippen molar-refractivity contribution in [2.75, 3.05) is 18.4 Å². The van der Waals surface area contributed by atoms with Crippen molar-refractivity contribution in [2.45, 2.75) is 38.1 Å². The summed E-state index contributed by atoms with van der Waals surface area (Å²) in [6.07, 6.45) is 0.728. The third-order valence-electron chi connectivity index (χ3n) is 4.71. The van der Waals surface area contributed by atoms with Crippen LogP contribution in [0.5, 0.6) is 0 Å². The number of rotatable bonds is 9. The number of hydrogen-bond acceptors (Lipinski definition) is 5. The predicted octanol–water partition coefficient (Wildman–Crippen LogP) is 3.02. The fourth-order valence-corrected chi connectivity index (χ4v) is 4.65. The molecule has 0 unspecified atom stereocenters. The maximum Gasteiger partial charge on any atom is 0.243 e. The van der Waals surface area contributed by atoms with Crippen LogP contribution in [0, 0.1) is 5.82 Å². The van der Waals surface area contributed by atoms with Gasteiger partial charge in [-0.15, -0.1) is 5.10 Å². The monoisotopic (exact) mass is 433 g/mol. The molecule has 0 spiro atoms. The molecule has 0 bridgehead atoms.